The molecular formula is C34H52N12O6. The first-order valence-electron chi connectivity index (χ1n) is 16.0. The molecule has 0 aliphatic heterocycles. The van der Waals surface area contributed by atoms with Crippen molar-refractivity contribution in [2.24, 2.45) is 11.8 Å². The molecule has 0 radical (unpaired) electrons. The van der Waals surface area contributed by atoms with Crippen molar-refractivity contribution in [3.05, 3.63) is 52.9 Å². The summed E-state index contributed by atoms with van der Waals surface area (Å²) in [7, 11) is 0. The van der Waals surface area contributed by atoms with E-state index in [1.165, 1.54) is 13.8 Å². The van der Waals surface area contributed by atoms with Gasteiger partial charge in [-0.15, -0.1) is 30.6 Å². The minimum absolute atomic E-state index is 0. The fourth-order valence-electron chi connectivity index (χ4n) is 4.88. The summed E-state index contributed by atoms with van der Waals surface area (Å²) in [6, 6.07) is 7.25. The highest BCUT2D eigenvalue weighted by atomic mass is 16.5. The molecule has 0 aliphatic rings. The second-order valence-corrected chi connectivity index (χ2v) is 11.1. The average molecular weight is 725 g/mol. The van der Waals surface area contributed by atoms with Gasteiger partial charge in [-0.25, -0.2) is 10.5 Å². The molecule has 3 N–H and O–H groups in total. The van der Waals surface area contributed by atoms with E-state index in [1.54, 1.807) is 39.7 Å². The molecule has 0 amide bonds. The van der Waals surface area contributed by atoms with Crippen molar-refractivity contribution in [2.45, 2.75) is 95.9 Å². The van der Waals surface area contributed by atoms with Crippen LogP contribution in [0.25, 0.3) is 17.1 Å². The average Bonchev–Trinajstić information content (AvgIpc) is 3.73. The molecule has 52 heavy (non-hydrogen) atoms. The van der Waals surface area contributed by atoms with Crippen LogP contribution in [0.5, 0.6) is 0 Å². The topological polar surface area (TPSA) is 229 Å². The maximum atomic E-state index is 11.6. The zero-order valence-electron chi connectivity index (χ0n) is 29.6. The first-order chi connectivity index (χ1) is 23.8. The molecule has 0 unspecified atom stereocenters. The largest absolute Gasteiger partial charge is 0.466 e. The zero-order chi connectivity index (χ0) is 37.0. The Morgan fingerprint density at radius 2 is 1.27 bits per heavy atom. The highest BCUT2D eigenvalue weighted by Gasteiger charge is 2.20. The number of esters is 2. The lowest BCUT2D eigenvalue weighted by atomic mass is 9.95. The molecule has 18 nitrogen and oxygen atoms in total. The van der Waals surface area contributed by atoms with E-state index in [0.717, 1.165) is 28.6 Å². The Morgan fingerprint density at radius 3 is 1.79 bits per heavy atom. The van der Waals surface area contributed by atoms with Crippen molar-refractivity contribution in [3.63, 3.8) is 0 Å². The molecule has 18 heteroatoms. The SMILES string of the molecule is C.C.CCOC(=O)CCC(C(C)=O)C(C)=O.CCOC(=O)CCc1c(C)nn(-c2ccc3nnc(C)n3n2)c1C.Cc1nnc2ccc(NN)nn12. The molecular weight excluding hydrogens is 672 g/mol. The number of carbonyl (C=O) groups excluding carboxylic acids is 4. The summed E-state index contributed by atoms with van der Waals surface area (Å²) in [6.07, 6.45) is 1.32. The van der Waals surface area contributed by atoms with Crippen LogP contribution < -0.4 is 11.3 Å². The van der Waals surface area contributed by atoms with Crippen LogP contribution in [0.1, 0.15) is 90.4 Å². The van der Waals surface area contributed by atoms with Crippen LogP contribution in [0.2, 0.25) is 0 Å². The predicted octanol–water partition coefficient (Wildman–Crippen LogP) is 3.85. The molecule has 0 atom stereocenters. The Hall–Kier alpha value is -5.65. The molecule has 0 saturated carbocycles. The van der Waals surface area contributed by atoms with E-state index in [1.807, 2.05) is 39.8 Å². The predicted molar refractivity (Wildman–Crippen MR) is 195 cm³/mol. The number of nitrogens with zero attached hydrogens (tertiary/aromatic N) is 10. The number of hydrazine groups is 1. The number of nitrogens with two attached hydrogens (primary N) is 1. The summed E-state index contributed by atoms with van der Waals surface area (Å²) in [5.74, 6) is 6.34. The molecule has 0 spiro atoms. The third-order valence-electron chi connectivity index (χ3n) is 7.44. The molecule has 5 aromatic rings. The first kappa shape index (κ1) is 44.4. The van der Waals surface area contributed by atoms with Crippen molar-refractivity contribution in [2.75, 3.05) is 18.6 Å². The molecule has 0 aromatic carbocycles. The smallest absolute Gasteiger partial charge is 0.306 e. The van der Waals surface area contributed by atoms with Gasteiger partial charge in [0.2, 0.25) is 0 Å². The number of nitrogen functional groups attached to an aromatic ring is 1. The Bertz CT molecular complexity index is 1930. The van der Waals surface area contributed by atoms with E-state index >= 15 is 0 Å². The summed E-state index contributed by atoms with van der Waals surface area (Å²) in [6.45, 7) is 14.6. The van der Waals surface area contributed by atoms with Crippen LogP contribution in [0.3, 0.4) is 0 Å². The lowest BCUT2D eigenvalue weighted by Crippen LogP contribution is -2.20. The van der Waals surface area contributed by atoms with E-state index in [9.17, 15) is 19.2 Å². The van der Waals surface area contributed by atoms with Gasteiger partial charge in [-0.05, 0) is 98.1 Å². The number of nitrogens with one attached hydrogen (secondary N) is 1. The standard InChI is InChI=1S/C16H20N6O2.C10H16O4.C6H8N6.2CH4/c1-5-24-16(23)9-6-13-10(2)19-21(11(13)3)15-8-7-14-18-17-12(4)22(14)20-15;1-4-14-10(13)6-5-9(7(2)11)8(3)12;1-4-9-10-6-3-2-5(8-7)11-12(4)6;;/h7-8H,5-6,9H2,1-4H3;9H,4-6H2,1-3H3;2-3H,7H2,1H3,(H,8,11);2*1H4. The Kier molecular flexibility index (Phi) is 17.8. The lowest BCUT2D eigenvalue weighted by Gasteiger charge is -2.08. The third kappa shape index (κ3) is 11.7. The summed E-state index contributed by atoms with van der Waals surface area (Å²) < 4.78 is 14.8. The van der Waals surface area contributed by atoms with Gasteiger partial charge >= 0.3 is 11.9 Å². The molecule has 0 aliphatic carbocycles. The van der Waals surface area contributed by atoms with Crippen molar-refractivity contribution in [1.82, 2.24) is 49.4 Å². The monoisotopic (exact) mass is 724 g/mol. The quantitative estimate of drug-likeness (QED) is 0.0806. The van der Waals surface area contributed by atoms with Gasteiger partial charge < -0.3 is 14.9 Å². The van der Waals surface area contributed by atoms with Gasteiger partial charge in [0.25, 0.3) is 0 Å². The Balaban J connectivity index is 0.000000415. The van der Waals surface area contributed by atoms with Crippen LogP contribution in [0.15, 0.2) is 24.3 Å². The molecule has 5 aromatic heterocycles. The molecule has 284 valence electrons. The minimum Gasteiger partial charge on any atom is -0.466 e. The minimum atomic E-state index is -0.653. The second-order valence-electron chi connectivity index (χ2n) is 11.1. The van der Waals surface area contributed by atoms with E-state index < -0.39 is 5.92 Å². The highest BCUT2D eigenvalue weighted by molar-refractivity contribution is 6.00. The number of hydrogen-bond acceptors (Lipinski definition) is 15. The first-order valence-corrected chi connectivity index (χ1v) is 16.0. The Morgan fingerprint density at radius 1 is 0.750 bits per heavy atom. The van der Waals surface area contributed by atoms with Crippen LogP contribution in [0.4, 0.5) is 5.82 Å². The molecule has 5 rings (SSSR count). The van der Waals surface area contributed by atoms with Crippen molar-refractivity contribution in [1.29, 1.82) is 0 Å². The van der Waals surface area contributed by atoms with Gasteiger partial charge in [0.05, 0.1) is 24.8 Å². The number of rotatable bonds is 12. The van der Waals surface area contributed by atoms with Crippen LogP contribution >= 0.6 is 0 Å². The molecule has 0 bridgehead atoms. The number of Topliss-reactive ketones (excluding diaryl/α,β-unsaturated/α-hetero) is 2. The number of carbonyl (C=O) groups is 4. The van der Waals surface area contributed by atoms with E-state index in [2.05, 4.69) is 41.1 Å². The Labute approximate surface area is 303 Å². The second kappa shape index (κ2) is 20.9. The fourth-order valence-corrected chi connectivity index (χ4v) is 4.88. The van der Waals surface area contributed by atoms with Crippen molar-refractivity contribution >= 4 is 40.6 Å². The molecule has 5 heterocycles. The highest BCUT2D eigenvalue weighted by Crippen LogP contribution is 2.19. The van der Waals surface area contributed by atoms with Gasteiger partial charge in [-0.3, -0.25) is 19.2 Å². The number of aromatic nitrogens is 10. The maximum absolute atomic E-state index is 11.6. The molecule has 0 saturated heterocycles. The van der Waals surface area contributed by atoms with Gasteiger partial charge in [0.1, 0.15) is 11.6 Å². The van der Waals surface area contributed by atoms with Crippen molar-refractivity contribution < 1.29 is 28.7 Å². The molecule has 0 fully saturated rings. The van der Waals surface area contributed by atoms with E-state index in [-0.39, 0.29) is 51.2 Å². The van der Waals surface area contributed by atoms with Gasteiger partial charge in [-0.1, -0.05) is 14.9 Å². The zero-order valence-corrected chi connectivity index (χ0v) is 29.6. The maximum Gasteiger partial charge on any atom is 0.306 e. The summed E-state index contributed by atoms with van der Waals surface area (Å²) in [5.41, 5.74) is 6.76. The normalized spacial score (nSPS) is 10.3. The van der Waals surface area contributed by atoms with Crippen LogP contribution in [-0.2, 0) is 35.1 Å². The van der Waals surface area contributed by atoms with Gasteiger partial charge in [0.15, 0.2) is 34.6 Å². The summed E-state index contributed by atoms with van der Waals surface area (Å²) in [5, 5.41) is 29.0. The number of hydrogen-bond donors (Lipinski definition) is 2. The van der Waals surface area contributed by atoms with Gasteiger partial charge in [0, 0.05) is 18.5 Å². The fraction of sp³-hybridized carbons (Fsp3) is 0.500. The van der Waals surface area contributed by atoms with Crippen LogP contribution in [0, 0.1) is 33.6 Å². The number of fused-ring (bicyclic) bond motifs is 2. The summed E-state index contributed by atoms with van der Waals surface area (Å²) in [4.78, 5) is 44.5. The third-order valence-corrected chi connectivity index (χ3v) is 7.44. The van der Waals surface area contributed by atoms with Crippen LogP contribution in [-0.4, -0.2) is 86.1 Å². The van der Waals surface area contributed by atoms with E-state index in [0.29, 0.717) is 49.0 Å². The van der Waals surface area contributed by atoms with Gasteiger partial charge in [-0.2, -0.15) is 14.1 Å². The summed E-state index contributed by atoms with van der Waals surface area (Å²) >= 11 is 0. The number of ketones is 2. The number of aryl methyl sites for hydroxylation is 3. The van der Waals surface area contributed by atoms with Crippen molar-refractivity contribution in [3.8, 4) is 5.82 Å². The number of anilines is 1. The lowest BCUT2D eigenvalue weighted by molar-refractivity contribution is -0.144. The van der Waals surface area contributed by atoms with E-state index in [4.69, 9.17) is 15.3 Å². The number of ether oxygens (including phenoxy) is 2.